The van der Waals surface area contributed by atoms with Gasteiger partial charge in [0.2, 0.25) is 11.8 Å². The predicted molar refractivity (Wildman–Crippen MR) is 165 cm³/mol. The third kappa shape index (κ3) is 6.44. The van der Waals surface area contributed by atoms with E-state index in [1.807, 2.05) is 18.2 Å². The smallest absolute Gasteiger partial charge is 0.320 e. The number of carbonyl (C=O) groups is 3. The van der Waals surface area contributed by atoms with Gasteiger partial charge in [0, 0.05) is 69.9 Å². The van der Waals surface area contributed by atoms with E-state index in [9.17, 15) is 14.4 Å². The fourth-order valence-corrected chi connectivity index (χ4v) is 8.92. The average Bonchev–Trinajstić information content (AvgIpc) is 3.37. The summed E-state index contributed by atoms with van der Waals surface area (Å²) >= 11 is 0. The number of fused-ring (bicyclic) bond motifs is 2. The molecule has 43 heavy (non-hydrogen) atoms. The Kier molecular flexibility index (Phi) is 9.01. The van der Waals surface area contributed by atoms with Crippen LogP contribution in [0.2, 0.25) is 0 Å². The van der Waals surface area contributed by atoms with Crippen LogP contribution in [-0.4, -0.2) is 95.1 Å². The Morgan fingerprint density at radius 3 is 2.33 bits per heavy atom. The van der Waals surface area contributed by atoms with Crippen LogP contribution >= 0.6 is 0 Å². The van der Waals surface area contributed by atoms with Crippen molar-refractivity contribution in [2.45, 2.75) is 114 Å². The number of hydrogen-bond donors (Lipinski definition) is 2. The standard InChI is InChI=1S/C34H51N5O4/c1-23(2)39-33(42)37(21-25-12-15-43-16-13-25)22-34(39)19-29-9-10-30(20-34)38(29)14-11-31(26-7-5-4-6-8-26)36-32(41)27-17-28(18-27)35-24(3)40/h4-8,23,25,27-31H,9-22H2,1-3H3,(H,35,40)(H,36,41)/t27-,28-,29?,30?,31-,34?/m0/s1. The Morgan fingerprint density at radius 2 is 1.70 bits per heavy atom. The summed E-state index contributed by atoms with van der Waals surface area (Å²) < 4.78 is 5.58. The van der Waals surface area contributed by atoms with Gasteiger partial charge in [0.1, 0.15) is 0 Å². The minimum Gasteiger partial charge on any atom is -0.381 e. The van der Waals surface area contributed by atoms with E-state index < -0.39 is 0 Å². The number of carbonyl (C=O) groups excluding carboxylic acids is 3. The molecule has 9 nitrogen and oxygen atoms in total. The number of hydrogen-bond acceptors (Lipinski definition) is 5. The number of urea groups is 1. The van der Waals surface area contributed by atoms with Gasteiger partial charge in [-0.1, -0.05) is 30.3 Å². The number of nitrogens with one attached hydrogen (secondary N) is 2. The zero-order valence-corrected chi connectivity index (χ0v) is 26.3. The molecule has 9 heteroatoms. The van der Waals surface area contributed by atoms with Crippen molar-refractivity contribution < 1.29 is 19.1 Å². The van der Waals surface area contributed by atoms with Gasteiger partial charge in [-0.05, 0) is 83.1 Å². The molecule has 4 amide bonds. The highest BCUT2D eigenvalue weighted by molar-refractivity contribution is 5.81. The second-order valence-corrected chi connectivity index (χ2v) is 14.3. The zero-order chi connectivity index (χ0) is 30.1. The second-order valence-electron chi connectivity index (χ2n) is 14.3. The van der Waals surface area contributed by atoms with E-state index >= 15 is 0 Å². The number of ether oxygens (including phenoxy) is 1. The first-order valence-electron chi connectivity index (χ1n) is 16.8. The number of nitrogens with zero attached hydrogens (tertiary/aromatic N) is 3. The summed E-state index contributed by atoms with van der Waals surface area (Å²) in [4.78, 5) is 45.5. The molecule has 1 aliphatic carbocycles. The molecular formula is C34H51N5O4. The van der Waals surface area contributed by atoms with Crippen LogP contribution in [0.25, 0.3) is 0 Å². The van der Waals surface area contributed by atoms with Crippen LogP contribution in [0, 0.1) is 11.8 Å². The molecule has 2 N–H and O–H groups in total. The summed E-state index contributed by atoms with van der Waals surface area (Å²) in [5.41, 5.74) is 1.06. The lowest BCUT2D eigenvalue weighted by molar-refractivity contribution is -0.131. The van der Waals surface area contributed by atoms with Crippen LogP contribution in [0.5, 0.6) is 0 Å². The molecule has 1 saturated carbocycles. The molecule has 1 spiro atoms. The quantitative estimate of drug-likeness (QED) is 0.426. The highest BCUT2D eigenvalue weighted by atomic mass is 16.5. The molecule has 4 heterocycles. The monoisotopic (exact) mass is 593 g/mol. The maximum Gasteiger partial charge on any atom is 0.320 e. The Bertz CT molecular complexity index is 1130. The number of piperidine rings is 1. The van der Waals surface area contributed by atoms with Gasteiger partial charge in [-0.3, -0.25) is 14.5 Å². The van der Waals surface area contributed by atoms with Gasteiger partial charge >= 0.3 is 6.03 Å². The predicted octanol–water partition coefficient (Wildman–Crippen LogP) is 4.09. The fourth-order valence-electron chi connectivity index (χ4n) is 8.92. The van der Waals surface area contributed by atoms with Crippen molar-refractivity contribution >= 4 is 17.8 Å². The SMILES string of the molecule is CC(=O)N[C@H]1C[C@H](C(=O)N[C@@H](CCN2C3CCC2CC2(C3)CN(CC3CCOCC3)C(=O)N2C(C)C)c2ccccc2)C1. The second kappa shape index (κ2) is 12.8. The first-order valence-corrected chi connectivity index (χ1v) is 16.8. The van der Waals surface area contributed by atoms with Gasteiger partial charge in [0.05, 0.1) is 11.6 Å². The number of rotatable bonds is 10. The Morgan fingerprint density at radius 1 is 1.02 bits per heavy atom. The maximum atomic E-state index is 13.8. The van der Waals surface area contributed by atoms with Crippen LogP contribution < -0.4 is 10.6 Å². The van der Waals surface area contributed by atoms with Gasteiger partial charge in [-0.15, -0.1) is 0 Å². The summed E-state index contributed by atoms with van der Waals surface area (Å²) in [6, 6.07) is 11.8. The molecule has 0 radical (unpaired) electrons. The molecule has 1 aromatic rings. The van der Waals surface area contributed by atoms with E-state index in [-0.39, 0.29) is 47.4 Å². The van der Waals surface area contributed by atoms with Crippen molar-refractivity contribution in [3.63, 3.8) is 0 Å². The summed E-state index contributed by atoms with van der Waals surface area (Å²) in [6.45, 7) is 10.2. The molecule has 3 atom stereocenters. The van der Waals surface area contributed by atoms with Crippen molar-refractivity contribution in [1.82, 2.24) is 25.3 Å². The van der Waals surface area contributed by atoms with E-state index in [0.29, 0.717) is 30.8 Å². The molecule has 1 aromatic carbocycles. The van der Waals surface area contributed by atoms with E-state index in [2.05, 4.69) is 51.3 Å². The van der Waals surface area contributed by atoms with Crippen LogP contribution in [-0.2, 0) is 14.3 Å². The van der Waals surface area contributed by atoms with E-state index in [1.165, 1.54) is 19.8 Å². The molecule has 236 valence electrons. The summed E-state index contributed by atoms with van der Waals surface area (Å²) in [7, 11) is 0. The first-order chi connectivity index (χ1) is 20.7. The highest BCUT2D eigenvalue weighted by Crippen LogP contribution is 2.48. The first kappa shape index (κ1) is 30.4. The third-order valence-electron chi connectivity index (χ3n) is 10.9. The lowest BCUT2D eigenvalue weighted by Crippen LogP contribution is -2.60. The normalized spacial score (nSPS) is 31.9. The van der Waals surface area contributed by atoms with Crippen molar-refractivity contribution in [2.75, 3.05) is 32.8 Å². The number of benzene rings is 1. The number of amides is 4. The van der Waals surface area contributed by atoms with Crippen LogP contribution in [0.1, 0.15) is 90.2 Å². The molecule has 0 aromatic heterocycles. The summed E-state index contributed by atoms with van der Waals surface area (Å²) in [5.74, 6) is 0.562. The van der Waals surface area contributed by atoms with Gasteiger partial charge in [0.25, 0.3) is 0 Å². The van der Waals surface area contributed by atoms with Crippen LogP contribution in [0.3, 0.4) is 0 Å². The molecule has 2 bridgehead atoms. The van der Waals surface area contributed by atoms with E-state index in [4.69, 9.17) is 4.74 Å². The molecule has 5 fully saturated rings. The van der Waals surface area contributed by atoms with Crippen molar-refractivity contribution in [3.8, 4) is 0 Å². The van der Waals surface area contributed by atoms with Crippen molar-refractivity contribution in [3.05, 3.63) is 35.9 Å². The lowest BCUT2D eigenvalue weighted by atomic mass is 9.79. The van der Waals surface area contributed by atoms with Gasteiger partial charge < -0.3 is 25.2 Å². The minimum atomic E-state index is -0.0829. The Balaban J connectivity index is 1.10. The van der Waals surface area contributed by atoms with Gasteiger partial charge in [-0.2, -0.15) is 0 Å². The van der Waals surface area contributed by atoms with Gasteiger partial charge in [0.15, 0.2) is 0 Å². The largest absolute Gasteiger partial charge is 0.381 e. The fraction of sp³-hybridized carbons (Fsp3) is 0.735. The lowest BCUT2D eigenvalue weighted by Gasteiger charge is -2.49. The molecular weight excluding hydrogens is 542 g/mol. The van der Waals surface area contributed by atoms with Crippen LogP contribution in [0.15, 0.2) is 30.3 Å². The van der Waals surface area contributed by atoms with Crippen LogP contribution in [0.4, 0.5) is 4.79 Å². The molecule has 6 rings (SSSR count). The molecule has 4 aliphatic heterocycles. The molecule has 2 unspecified atom stereocenters. The Hall–Kier alpha value is -2.65. The van der Waals surface area contributed by atoms with Gasteiger partial charge in [-0.25, -0.2) is 4.79 Å². The highest BCUT2D eigenvalue weighted by Gasteiger charge is 2.57. The van der Waals surface area contributed by atoms with E-state index in [0.717, 1.165) is 70.5 Å². The maximum absolute atomic E-state index is 13.8. The minimum absolute atomic E-state index is 0.0329. The zero-order valence-electron chi connectivity index (χ0n) is 26.3. The summed E-state index contributed by atoms with van der Waals surface area (Å²) in [5, 5.41) is 6.30. The third-order valence-corrected chi connectivity index (χ3v) is 10.9. The average molecular weight is 594 g/mol. The summed E-state index contributed by atoms with van der Waals surface area (Å²) in [6.07, 6.45) is 8.81. The Labute approximate surface area is 257 Å². The molecule has 4 saturated heterocycles. The van der Waals surface area contributed by atoms with E-state index in [1.54, 1.807) is 0 Å². The topological polar surface area (TPSA) is 94.2 Å². The van der Waals surface area contributed by atoms with Crippen molar-refractivity contribution in [1.29, 1.82) is 0 Å². The van der Waals surface area contributed by atoms with Crippen molar-refractivity contribution in [2.24, 2.45) is 11.8 Å². The molecule has 5 aliphatic rings.